The van der Waals surface area contributed by atoms with Crippen LogP contribution in [0.5, 0.6) is 0 Å². The van der Waals surface area contributed by atoms with Crippen molar-refractivity contribution in [2.75, 3.05) is 7.11 Å². The van der Waals surface area contributed by atoms with Crippen LogP contribution in [0, 0.1) is 5.92 Å². The van der Waals surface area contributed by atoms with Crippen LogP contribution in [0.2, 0.25) is 0 Å². The van der Waals surface area contributed by atoms with Gasteiger partial charge in [0, 0.05) is 38.9 Å². The second-order valence-corrected chi connectivity index (χ2v) is 6.32. The maximum Gasteiger partial charge on any atom is 0.309 e. The number of nitrogens with zero attached hydrogens (tertiary/aromatic N) is 3. The molecule has 1 aromatic heterocycles. The SMILES string of the molecule is COCc1cccc(CN2C(=O)C[C@H](C(=O)O)[C@H]2c2cnn(C)c2)c1. The fraction of sp³-hybridized carbons (Fsp3) is 0.389. The van der Waals surface area contributed by atoms with Gasteiger partial charge in [-0.15, -0.1) is 0 Å². The molecule has 1 aliphatic heterocycles. The lowest BCUT2D eigenvalue weighted by Gasteiger charge is -2.26. The number of benzene rings is 1. The van der Waals surface area contributed by atoms with E-state index in [4.69, 9.17) is 4.74 Å². The fourth-order valence-corrected chi connectivity index (χ4v) is 3.38. The van der Waals surface area contributed by atoms with E-state index in [1.807, 2.05) is 24.3 Å². The second-order valence-electron chi connectivity index (χ2n) is 6.32. The molecule has 1 amide bonds. The topological polar surface area (TPSA) is 84.7 Å². The first-order valence-corrected chi connectivity index (χ1v) is 8.07. The van der Waals surface area contributed by atoms with Crippen LogP contribution in [0.3, 0.4) is 0 Å². The lowest BCUT2D eigenvalue weighted by molar-refractivity contribution is -0.142. The van der Waals surface area contributed by atoms with Gasteiger partial charge in [-0.3, -0.25) is 14.3 Å². The molecular weight excluding hydrogens is 322 g/mol. The third-order valence-electron chi connectivity index (χ3n) is 4.47. The quantitative estimate of drug-likeness (QED) is 0.864. The summed E-state index contributed by atoms with van der Waals surface area (Å²) in [6.45, 7) is 0.852. The predicted octanol–water partition coefficient (Wildman–Crippen LogP) is 1.74. The van der Waals surface area contributed by atoms with E-state index in [1.165, 1.54) is 0 Å². The van der Waals surface area contributed by atoms with Crippen LogP contribution in [-0.2, 0) is 34.5 Å². The number of likely N-dealkylation sites (tertiary alicyclic amines) is 1. The highest BCUT2D eigenvalue weighted by molar-refractivity contribution is 5.87. The van der Waals surface area contributed by atoms with Gasteiger partial charge in [0.25, 0.3) is 0 Å². The fourth-order valence-electron chi connectivity index (χ4n) is 3.38. The number of aromatic nitrogens is 2. The van der Waals surface area contributed by atoms with Crippen molar-refractivity contribution in [1.82, 2.24) is 14.7 Å². The molecule has 1 fully saturated rings. The van der Waals surface area contributed by atoms with Gasteiger partial charge in [-0.1, -0.05) is 24.3 Å². The number of carbonyl (C=O) groups is 2. The minimum absolute atomic E-state index is 0.00660. The summed E-state index contributed by atoms with van der Waals surface area (Å²) in [5.41, 5.74) is 2.70. The summed E-state index contributed by atoms with van der Waals surface area (Å²) in [6.07, 6.45) is 3.41. The van der Waals surface area contributed by atoms with E-state index in [1.54, 1.807) is 36.1 Å². The average Bonchev–Trinajstić information content (AvgIpc) is 3.12. The number of methoxy groups -OCH3 is 1. The van der Waals surface area contributed by atoms with Crippen LogP contribution in [0.1, 0.15) is 29.2 Å². The minimum atomic E-state index is -0.960. The Morgan fingerprint density at radius 3 is 2.80 bits per heavy atom. The Hall–Kier alpha value is -2.67. The van der Waals surface area contributed by atoms with E-state index in [9.17, 15) is 14.7 Å². The van der Waals surface area contributed by atoms with E-state index >= 15 is 0 Å². The van der Waals surface area contributed by atoms with Crippen molar-refractivity contribution in [2.45, 2.75) is 25.6 Å². The highest BCUT2D eigenvalue weighted by Crippen LogP contribution is 2.39. The van der Waals surface area contributed by atoms with E-state index in [2.05, 4.69) is 5.10 Å². The molecule has 132 valence electrons. The lowest BCUT2D eigenvalue weighted by atomic mass is 9.95. The molecule has 2 atom stereocenters. The van der Waals surface area contributed by atoms with Crippen molar-refractivity contribution < 1.29 is 19.4 Å². The van der Waals surface area contributed by atoms with Gasteiger partial charge < -0.3 is 14.7 Å². The van der Waals surface area contributed by atoms with Crippen molar-refractivity contribution in [2.24, 2.45) is 13.0 Å². The maximum atomic E-state index is 12.5. The summed E-state index contributed by atoms with van der Waals surface area (Å²) < 4.78 is 6.77. The molecule has 1 saturated heterocycles. The molecule has 7 heteroatoms. The lowest BCUT2D eigenvalue weighted by Crippen LogP contribution is -2.30. The number of carboxylic acids is 1. The summed E-state index contributed by atoms with van der Waals surface area (Å²) in [5.74, 6) is -1.88. The summed E-state index contributed by atoms with van der Waals surface area (Å²) in [7, 11) is 3.40. The smallest absolute Gasteiger partial charge is 0.309 e. The first-order valence-electron chi connectivity index (χ1n) is 8.07. The van der Waals surface area contributed by atoms with Crippen LogP contribution in [0.4, 0.5) is 0 Å². The van der Waals surface area contributed by atoms with Gasteiger partial charge in [-0.2, -0.15) is 5.10 Å². The van der Waals surface area contributed by atoms with Crippen molar-refractivity contribution in [3.05, 3.63) is 53.3 Å². The molecule has 2 heterocycles. The summed E-state index contributed by atoms with van der Waals surface area (Å²) >= 11 is 0. The van der Waals surface area contributed by atoms with E-state index in [0.29, 0.717) is 13.2 Å². The highest BCUT2D eigenvalue weighted by Gasteiger charge is 2.45. The molecule has 3 rings (SSSR count). The Balaban J connectivity index is 1.90. The summed E-state index contributed by atoms with van der Waals surface area (Å²) in [4.78, 5) is 25.8. The van der Waals surface area contributed by atoms with Crippen LogP contribution in [0.25, 0.3) is 0 Å². The Morgan fingerprint density at radius 2 is 2.16 bits per heavy atom. The molecule has 1 N–H and O–H groups in total. The van der Waals surface area contributed by atoms with Crippen molar-refractivity contribution >= 4 is 11.9 Å². The zero-order chi connectivity index (χ0) is 18.0. The zero-order valence-corrected chi connectivity index (χ0v) is 14.3. The van der Waals surface area contributed by atoms with Crippen LogP contribution >= 0.6 is 0 Å². The molecule has 1 aromatic carbocycles. The van der Waals surface area contributed by atoms with E-state index in [-0.39, 0.29) is 12.3 Å². The second kappa shape index (κ2) is 7.06. The molecule has 0 radical (unpaired) electrons. The Bertz CT molecular complexity index is 786. The van der Waals surface area contributed by atoms with Gasteiger partial charge in [0.15, 0.2) is 0 Å². The molecule has 0 bridgehead atoms. The van der Waals surface area contributed by atoms with Gasteiger partial charge in [-0.25, -0.2) is 0 Å². The van der Waals surface area contributed by atoms with Gasteiger partial charge >= 0.3 is 5.97 Å². The van der Waals surface area contributed by atoms with Gasteiger partial charge in [0.05, 0.1) is 24.8 Å². The standard InChI is InChI=1S/C18H21N3O4/c1-20-10-14(8-19-20)17-15(18(23)24)7-16(22)21(17)9-12-4-3-5-13(6-12)11-25-2/h3-6,8,10,15,17H,7,9,11H2,1-2H3,(H,23,24)/t15-,17+/m0/s1. The van der Waals surface area contributed by atoms with E-state index < -0.39 is 17.9 Å². The molecular formula is C18H21N3O4. The largest absolute Gasteiger partial charge is 0.481 e. The minimum Gasteiger partial charge on any atom is -0.481 e. The summed E-state index contributed by atoms with van der Waals surface area (Å²) in [6, 6.07) is 7.27. The highest BCUT2D eigenvalue weighted by atomic mass is 16.5. The third-order valence-corrected chi connectivity index (χ3v) is 4.47. The Morgan fingerprint density at radius 1 is 1.40 bits per heavy atom. The molecule has 0 spiro atoms. The van der Waals surface area contributed by atoms with Crippen LogP contribution in [0.15, 0.2) is 36.7 Å². The number of hydrogen-bond donors (Lipinski definition) is 1. The number of carbonyl (C=O) groups excluding carboxylic acids is 1. The molecule has 1 aliphatic rings. The number of hydrogen-bond acceptors (Lipinski definition) is 4. The first-order chi connectivity index (χ1) is 12.0. The Labute approximate surface area is 145 Å². The number of carboxylic acid groups (broad SMARTS) is 1. The predicted molar refractivity (Wildman–Crippen MR) is 89.4 cm³/mol. The third kappa shape index (κ3) is 3.56. The van der Waals surface area contributed by atoms with Gasteiger partial charge in [-0.05, 0) is 11.1 Å². The normalized spacial score (nSPS) is 20.2. The molecule has 0 unspecified atom stereocenters. The first kappa shape index (κ1) is 17.2. The van der Waals surface area contributed by atoms with Gasteiger partial charge in [0.2, 0.25) is 5.91 Å². The van der Waals surface area contributed by atoms with Gasteiger partial charge in [0.1, 0.15) is 0 Å². The van der Waals surface area contributed by atoms with Crippen LogP contribution in [-0.4, -0.2) is 38.8 Å². The van der Waals surface area contributed by atoms with E-state index in [0.717, 1.165) is 16.7 Å². The number of ether oxygens (including phenoxy) is 1. The Kier molecular flexibility index (Phi) is 4.85. The number of rotatable bonds is 6. The molecule has 2 aromatic rings. The van der Waals surface area contributed by atoms with Crippen LogP contribution < -0.4 is 0 Å². The monoisotopic (exact) mass is 343 g/mol. The van der Waals surface area contributed by atoms with Crippen molar-refractivity contribution in [1.29, 1.82) is 0 Å². The number of aryl methyl sites for hydroxylation is 1. The number of aliphatic carboxylic acids is 1. The molecule has 7 nitrogen and oxygen atoms in total. The van der Waals surface area contributed by atoms with Crippen molar-refractivity contribution in [3.8, 4) is 0 Å². The molecule has 0 saturated carbocycles. The maximum absolute atomic E-state index is 12.5. The average molecular weight is 343 g/mol. The molecule has 25 heavy (non-hydrogen) atoms. The zero-order valence-electron chi connectivity index (χ0n) is 14.3. The number of amides is 1. The van der Waals surface area contributed by atoms with Crippen molar-refractivity contribution in [3.63, 3.8) is 0 Å². The molecule has 0 aliphatic carbocycles. The summed E-state index contributed by atoms with van der Waals surface area (Å²) in [5, 5.41) is 13.7.